The van der Waals surface area contributed by atoms with Crippen LogP contribution in [0.3, 0.4) is 0 Å². The Bertz CT molecular complexity index is 1080. The highest BCUT2D eigenvalue weighted by molar-refractivity contribution is 6.35. The minimum atomic E-state index is -0.184. The molecular weight excluding hydrogens is 463 g/mol. The molecule has 1 fully saturated rings. The average molecular weight is 489 g/mol. The molecule has 174 valence electrons. The van der Waals surface area contributed by atoms with Gasteiger partial charge >= 0.3 is 0 Å². The van der Waals surface area contributed by atoms with Gasteiger partial charge < -0.3 is 19.2 Å². The molecule has 2 aromatic carbocycles. The van der Waals surface area contributed by atoms with Crippen molar-refractivity contribution in [1.29, 1.82) is 0 Å². The van der Waals surface area contributed by atoms with Gasteiger partial charge in [-0.3, -0.25) is 9.69 Å². The maximum atomic E-state index is 12.9. The fourth-order valence-electron chi connectivity index (χ4n) is 3.96. The third-order valence-corrected chi connectivity index (χ3v) is 6.32. The standard InChI is InChI=1S/C25H26Cl2N2O4/c1-31-24-13-17(7-9-23(24)33-16-18-6-8-19(26)14-20(18)27)25(30)28-15-21(22-5-4-12-32-22)29-10-2-3-11-29/h4-9,12-14,21H,2-3,10-11,15-16H2,1H3,(H,28,30)/t21-/m1/s1. The number of ether oxygens (including phenoxy) is 2. The number of rotatable bonds is 9. The quantitative estimate of drug-likeness (QED) is 0.415. The summed E-state index contributed by atoms with van der Waals surface area (Å²) in [6.45, 7) is 2.71. The molecular formula is C25H26Cl2N2O4. The van der Waals surface area contributed by atoms with E-state index < -0.39 is 0 Å². The number of nitrogens with one attached hydrogen (secondary N) is 1. The lowest BCUT2D eigenvalue weighted by Crippen LogP contribution is -2.36. The minimum absolute atomic E-state index is 0.0140. The van der Waals surface area contributed by atoms with E-state index in [4.69, 9.17) is 37.1 Å². The SMILES string of the molecule is COc1cc(C(=O)NC[C@H](c2ccco2)N2CCCC2)ccc1OCc1ccc(Cl)cc1Cl. The summed E-state index contributed by atoms with van der Waals surface area (Å²) >= 11 is 12.2. The molecule has 33 heavy (non-hydrogen) atoms. The van der Waals surface area contributed by atoms with Crippen molar-refractivity contribution in [3.63, 3.8) is 0 Å². The zero-order chi connectivity index (χ0) is 23.2. The molecule has 1 N–H and O–H groups in total. The van der Waals surface area contributed by atoms with Gasteiger partial charge in [-0.1, -0.05) is 29.3 Å². The minimum Gasteiger partial charge on any atom is -0.493 e. The van der Waals surface area contributed by atoms with Crippen LogP contribution in [0.4, 0.5) is 0 Å². The van der Waals surface area contributed by atoms with E-state index in [2.05, 4.69) is 10.2 Å². The number of hydrogen-bond donors (Lipinski definition) is 1. The first-order chi connectivity index (χ1) is 16.0. The van der Waals surface area contributed by atoms with Crippen molar-refractivity contribution in [2.45, 2.75) is 25.5 Å². The molecule has 6 nitrogen and oxygen atoms in total. The Morgan fingerprint density at radius 1 is 1.12 bits per heavy atom. The van der Waals surface area contributed by atoms with E-state index in [0.717, 1.165) is 37.3 Å². The van der Waals surface area contributed by atoms with Crippen LogP contribution in [0.2, 0.25) is 10.0 Å². The van der Waals surface area contributed by atoms with Crippen molar-refractivity contribution in [2.75, 3.05) is 26.7 Å². The van der Waals surface area contributed by atoms with Crippen molar-refractivity contribution >= 4 is 29.1 Å². The van der Waals surface area contributed by atoms with Crippen molar-refractivity contribution in [1.82, 2.24) is 10.2 Å². The van der Waals surface area contributed by atoms with E-state index in [1.165, 1.54) is 0 Å². The van der Waals surface area contributed by atoms with Crippen LogP contribution < -0.4 is 14.8 Å². The molecule has 1 amide bonds. The van der Waals surface area contributed by atoms with Gasteiger partial charge in [0.05, 0.1) is 19.4 Å². The Balaban J connectivity index is 1.41. The maximum Gasteiger partial charge on any atom is 0.251 e. The highest BCUT2D eigenvalue weighted by atomic mass is 35.5. The molecule has 0 aliphatic carbocycles. The first-order valence-electron chi connectivity index (χ1n) is 10.9. The van der Waals surface area contributed by atoms with Gasteiger partial charge in [-0.05, 0) is 68.4 Å². The molecule has 0 saturated carbocycles. The molecule has 0 unspecified atom stereocenters. The van der Waals surface area contributed by atoms with Gasteiger partial charge in [0, 0.05) is 27.7 Å². The third kappa shape index (κ3) is 5.82. The Hall–Kier alpha value is -2.67. The zero-order valence-electron chi connectivity index (χ0n) is 18.4. The topological polar surface area (TPSA) is 63.9 Å². The van der Waals surface area contributed by atoms with E-state index >= 15 is 0 Å². The number of amides is 1. The third-order valence-electron chi connectivity index (χ3n) is 5.73. The Morgan fingerprint density at radius 3 is 2.64 bits per heavy atom. The predicted molar refractivity (Wildman–Crippen MR) is 128 cm³/mol. The van der Waals surface area contributed by atoms with Crippen LogP contribution in [-0.2, 0) is 6.61 Å². The van der Waals surface area contributed by atoms with Gasteiger partial charge in [-0.15, -0.1) is 0 Å². The Labute approximate surface area is 203 Å². The molecule has 0 spiro atoms. The van der Waals surface area contributed by atoms with Crippen LogP contribution in [0.1, 0.15) is 40.6 Å². The van der Waals surface area contributed by atoms with Gasteiger partial charge in [-0.2, -0.15) is 0 Å². The molecule has 1 atom stereocenters. The number of benzene rings is 2. The molecule has 4 rings (SSSR count). The fraction of sp³-hybridized carbons (Fsp3) is 0.320. The van der Waals surface area contributed by atoms with Crippen LogP contribution in [-0.4, -0.2) is 37.6 Å². The molecule has 2 heterocycles. The second kappa shape index (κ2) is 11.0. The lowest BCUT2D eigenvalue weighted by atomic mass is 10.1. The number of nitrogens with zero attached hydrogens (tertiary/aromatic N) is 1. The van der Waals surface area contributed by atoms with Crippen LogP contribution in [0, 0.1) is 0 Å². The normalized spacial score (nSPS) is 14.8. The molecule has 3 aromatic rings. The van der Waals surface area contributed by atoms with E-state index in [1.54, 1.807) is 43.7 Å². The molecule has 1 aliphatic rings. The second-order valence-corrected chi connectivity index (χ2v) is 8.72. The lowest BCUT2D eigenvalue weighted by molar-refractivity contribution is 0.0933. The summed E-state index contributed by atoms with van der Waals surface area (Å²) in [6.07, 6.45) is 3.98. The molecule has 1 aromatic heterocycles. The van der Waals surface area contributed by atoms with Crippen LogP contribution in [0.25, 0.3) is 0 Å². The van der Waals surface area contributed by atoms with Crippen molar-refractivity contribution < 1.29 is 18.7 Å². The molecule has 8 heteroatoms. The van der Waals surface area contributed by atoms with Gasteiger partial charge in [0.1, 0.15) is 12.4 Å². The van der Waals surface area contributed by atoms with Gasteiger partial charge in [0.15, 0.2) is 11.5 Å². The van der Waals surface area contributed by atoms with Crippen LogP contribution >= 0.6 is 23.2 Å². The smallest absolute Gasteiger partial charge is 0.251 e. The summed E-state index contributed by atoms with van der Waals surface area (Å²) in [5, 5.41) is 4.13. The number of likely N-dealkylation sites (tertiary alicyclic amines) is 1. The molecule has 1 saturated heterocycles. The monoisotopic (exact) mass is 488 g/mol. The van der Waals surface area contributed by atoms with E-state index in [0.29, 0.717) is 33.7 Å². The summed E-state index contributed by atoms with van der Waals surface area (Å²) < 4.78 is 17.0. The van der Waals surface area contributed by atoms with Crippen molar-refractivity contribution in [3.8, 4) is 11.5 Å². The van der Waals surface area contributed by atoms with E-state index in [1.807, 2.05) is 18.2 Å². The maximum absolute atomic E-state index is 12.9. The summed E-state index contributed by atoms with van der Waals surface area (Å²) in [7, 11) is 1.54. The molecule has 0 radical (unpaired) electrons. The largest absolute Gasteiger partial charge is 0.493 e. The van der Waals surface area contributed by atoms with Crippen molar-refractivity contribution in [2.24, 2.45) is 0 Å². The van der Waals surface area contributed by atoms with E-state index in [-0.39, 0.29) is 18.6 Å². The van der Waals surface area contributed by atoms with Crippen LogP contribution in [0.15, 0.2) is 59.2 Å². The van der Waals surface area contributed by atoms with Crippen LogP contribution in [0.5, 0.6) is 11.5 Å². The number of carbonyl (C=O) groups is 1. The van der Waals surface area contributed by atoms with Crippen molar-refractivity contribution in [3.05, 3.63) is 81.7 Å². The molecule has 0 bridgehead atoms. The Morgan fingerprint density at radius 2 is 1.94 bits per heavy atom. The summed E-state index contributed by atoms with van der Waals surface area (Å²) in [5.41, 5.74) is 1.29. The number of halogens is 2. The number of methoxy groups -OCH3 is 1. The summed E-state index contributed by atoms with van der Waals surface area (Å²) in [6, 6.07) is 14.2. The first-order valence-corrected chi connectivity index (χ1v) is 11.6. The van der Waals surface area contributed by atoms with Gasteiger partial charge in [0.25, 0.3) is 5.91 Å². The molecule has 1 aliphatic heterocycles. The summed E-state index contributed by atoms with van der Waals surface area (Å²) in [4.78, 5) is 15.2. The summed E-state index contributed by atoms with van der Waals surface area (Å²) in [5.74, 6) is 1.66. The lowest BCUT2D eigenvalue weighted by Gasteiger charge is -2.26. The Kier molecular flexibility index (Phi) is 7.81. The van der Waals surface area contributed by atoms with E-state index in [9.17, 15) is 4.79 Å². The number of carbonyl (C=O) groups excluding carboxylic acids is 1. The highest BCUT2D eigenvalue weighted by Crippen LogP contribution is 2.30. The fourth-order valence-corrected chi connectivity index (χ4v) is 4.42. The second-order valence-electron chi connectivity index (χ2n) is 7.87. The number of furan rings is 1. The number of hydrogen-bond acceptors (Lipinski definition) is 5. The predicted octanol–water partition coefficient (Wildman–Crippen LogP) is 5.74. The van der Waals surface area contributed by atoms with Gasteiger partial charge in [0.2, 0.25) is 0 Å². The zero-order valence-corrected chi connectivity index (χ0v) is 19.9. The van der Waals surface area contributed by atoms with Gasteiger partial charge in [-0.25, -0.2) is 0 Å². The highest BCUT2D eigenvalue weighted by Gasteiger charge is 2.26. The average Bonchev–Trinajstić information content (AvgIpc) is 3.54. The first kappa shape index (κ1) is 23.5.